The Hall–Kier alpha value is -1.82. The van der Waals surface area contributed by atoms with Crippen molar-refractivity contribution in [2.45, 2.75) is 31.6 Å². The monoisotopic (exact) mass is 279 g/mol. The summed E-state index contributed by atoms with van der Waals surface area (Å²) >= 11 is 0. The smallest absolute Gasteiger partial charge is 0.263 e. The predicted octanol–water partition coefficient (Wildman–Crippen LogP) is 2.64. The lowest BCUT2D eigenvalue weighted by atomic mass is 10.0. The Kier molecular flexibility index (Phi) is 3.61. The van der Waals surface area contributed by atoms with Crippen LogP contribution in [0.25, 0.3) is 0 Å². The van der Waals surface area contributed by atoms with Gasteiger partial charge >= 0.3 is 0 Å². The fourth-order valence-corrected chi connectivity index (χ4v) is 2.76. The highest BCUT2D eigenvalue weighted by Gasteiger charge is 2.16. The highest BCUT2D eigenvalue weighted by atomic mass is 32.2. The molecular weight excluding hydrogens is 262 g/mol. The first-order chi connectivity index (χ1) is 8.90. The molecule has 2 rings (SSSR count). The maximum atomic E-state index is 12.2. The molecule has 0 saturated heterocycles. The van der Waals surface area contributed by atoms with Crippen LogP contribution in [-0.2, 0) is 10.0 Å². The minimum absolute atomic E-state index is 0.242. The van der Waals surface area contributed by atoms with E-state index in [2.05, 4.69) is 28.8 Å². The normalized spacial score (nSPS) is 11.8. The molecule has 102 valence electrons. The van der Waals surface area contributed by atoms with Crippen LogP contribution in [0.3, 0.4) is 0 Å². The van der Waals surface area contributed by atoms with E-state index < -0.39 is 10.0 Å². The SMILES string of the molecule is Cc1cn[nH]c1NS(=O)(=O)c1ccc(C(C)C)cc1. The third kappa shape index (κ3) is 2.96. The second-order valence-corrected chi connectivity index (χ2v) is 6.44. The molecule has 0 aliphatic rings. The maximum Gasteiger partial charge on any atom is 0.263 e. The molecule has 0 amide bonds. The summed E-state index contributed by atoms with van der Waals surface area (Å²) in [6.45, 7) is 5.91. The first kappa shape index (κ1) is 13.6. The molecule has 0 aliphatic carbocycles. The number of hydrogen-bond donors (Lipinski definition) is 2. The van der Waals surface area contributed by atoms with Crippen LogP contribution in [0, 0.1) is 6.92 Å². The Balaban J connectivity index is 2.27. The molecule has 6 heteroatoms. The quantitative estimate of drug-likeness (QED) is 0.903. The molecule has 2 N–H and O–H groups in total. The Morgan fingerprint density at radius 1 is 1.21 bits per heavy atom. The molecule has 0 unspecified atom stereocenters. The molecule has 0 spiro atoms. The molecular formula is C13H17N3O2S. The van der Waals surface area contributed by atoms with Crippen LogP contribution in [0.1, 0.15) is 30.9 Å². The van der Waals surface area contributed by atoms with Crippen molar-refractivity contribution in [2.75, 3.05) is 4.72 Å². The molecule has 0 bridgehead atoms. The first-order valence-corrected chi connectivity index (χ1v) is 7.51. The lowest BCUT2D eigenvalue weighted by molar-refractivity contribution is 0.601. The maximum absolute atomic E-state index is 12.2. The van der Waals surface area contributed by atoms with Gasteiger partial charge in [-0.05, 0) is 30.5 Å². The van der Waals surface area contributed by atoms with Crippen LogP contribution in [0.5, 0.6) is 0 Å². The third-order valence-corrected chi connectivity index (χ3v) is 4.29. The van der Waals surface area contributed by atoms with Crippen LogP contribution >= 0.6 is 0 Å². The summed E-state index contributed by atoms with van der Waals surface area (Å²) in [6, 6.07) is 6.89. The summed E-state index contributed by atoms with van der Waals surface area (Å²) in [6.07, 6.45) is 1.57. The van der Waals surface area contributed by atoms with E-state index in [1.807, 2.05) is 12.1 Å². The average Bonchev–Trinajstić information content (AvgIpc) is 2.74. The van der Waals surface area contributed by atoms with Gasteiger partial charge in [0.2, 0.25) is 0 Å². The second kappa shape index (κ2) is 5.05. The van der Waals surface area contributed by atoms with Crippen LogP contribution in [0.2, 0.25) is 0 Å². The number of nitrogens with one attached hydrogen (secondary N) is 2. The summed E-state index contributed by atoms with van der Waals surface area (Å²) in [7, 11) is -3.57. The Bertz CT molecular complexity index is 657. The van der Waals surface area contributed by atoms with Crippen molar-refractivity contribution in [1.29, 1.82) is 0 Å². The Labute approximate surface area is 113 Å². The predicted molar refractivity (Wildman–Crippen MR) is 74.7 cm³/mol. The number of nitrogens with zero attached hydrogens (tertiary/aromatic N) is 1. The zero-order valence-corrected chi connectivity index (χ0v) is 12.0. The minimum Gasteiger partial charge on any atom is -0.264 e. The minimum atomic E-state index is -3.57. The van der Waals surface area contributed by atoms with E-state index in [4.69, 9.17) is 0 Å². The van der Waals surface area contributed by atoms with Gasteiger partial charge in [-0.3, -0.25) is 9.82 Å². The van der Waals surface area contributed by atoms with Crippen molar-refractivity contribution in [2.24, 2.45) is 0 Å². The largest absolute Gasteiger partial charge is 0.264 e. The van der Waals surface area contributed by atoms with E-state index in [0.29, 0.717) is 11.7 Å². The standard InChI is InChI=1S/C13H17N3O2S/c1-9(2)11-4-6-12(7-5-11)19(17,18)16-13-10(3)8-14-15-13/h4-9H,1-3H3,(H2,14,15,16). The number of anilines is 1. The first-order valence-electron chi connectivity index (χ1n) is 6.03. The van der Waals surface area contributed by atoms with Crippen molar-refractivity contribution in [3.05, 3.63) is 41.6 Å². The molecule has 0 aliphatic heterocycles. The van der Waals surface area contributed by atoms with Gasteiger partial charge in [0.05, 0.1) is 11.1 Å². The molecule has 0 fully saturated rings. The number of sulfonamides is 1. The lowest BCUT2D eigenvalue weighted by Crippen LogP contribution is -2.14. The number of aromatic amines is 1. The van der Waals surface area contributed by atoms with Gasteiger partial charge in [-0.1, -0.05) is 26.0 Å². The van der Waals surface area contributed by atoms with Gasteiger partial charge in [-0.25, -0.2) is 8.42 Å². The molecule has 0 atom stereocenters. The zero-order chi connectivity index (χ0) is 14.0. The Morgan fingerprint density at radius 2 is 1.84 bits per heavy atom. The van der Waals surface area contributed by atoms with E-state index in [1.165, 1.54) is 0 Å². The molecule has 2 aromatic rings. The summed E-state index contributed by atoms with van der Waals surface area (Å²) in [5.41, 5.74) is 1.86. The fourth-order valence-electron chi connectivity index (χ4n) is 1.67. The number of benzene rings is 1. The van der Waals surface area contributed by atoms with Crippen LogP contribution < -0.4 is 4.72 Å². The molecule has 1 aromatic carbocycles. The van der Waals surface area contributed by atoms with Crippen molar-refractivity contribution >= 4 is 15.8 Å². The highest BCUT2D eigenvalue weighted by molar-refractivity contribution is 7.92. The topological polar surface area (TPSA) is 74.8 Å². The van der Waals surface area contributed by atoms with Crippen molar-refractivity contribution in [1.82, 2.24) is 10.2 Å². The number of aryl methyl sites for hydroxylation is 1. The van der Waals surface area contributed by atoms with Crippen molar-refractivity contribution < 1.29 is 8.42 Å². The second-order valence-electron chi connectivity index (χ2n) is 4.76. The van der Waals surface area contributed by atoms with Gasteiger partial charge in [0.15, 0.2) is 0 Å². The average molecular weight is 279 g/mol. The zero-order valence-electron chi connectivity index (χ0n) is 11.1. The number of hydrogen-bond acceptors (Lipinski definition) is 3. The van der Waals surface area contributed by atoms with Gasteiger partial charge in [-0.2, -0.15) is 5.10 Å². The number of rotatable bonds is 4. The van der Waals surface area contributed by atoms with Gasteiger partial charge < -0.3 is 0 Å². The van der Waals surface area contributed by atoms with Gasteiger partial charge in [0.25, 0.3) is 10.0 Å². The van der Waals surface area contributed by atoms with E-state index in [0.717, 1.165) is 11.1 Å². The number of aromatic nitrogens is 2. The van der Waals surface area contributed by atoms with E-state index in [9.17, 15) is 8.42 Å². The molecule has 1 aromatic heterocycles. The summed E-state index contributed by atoms with van der Waals surface area (Å²) < 4.78 is 26.8. The Morgan fingerprint density at radius 3 is 2.32 bits per heavy atom. The lowest BCUT2D eigenvalue weighted by Gasteiger charge is -2.09. The van der Waals surface area contributed by atoms with Crippen LogP contribution in [-0.4, -0.2) is 18.6 Å². The van der Waals surface area contributed by atoms with Gasteiger partial charge in [-0.15, -0.1) is 0 Å². The van der Waals surface area contributed by atoms with Crippen molar-refractivity contribution in [3.8, 4) is 0 Å². The van der Waals surface area contributed by atoms with Gasteiger partial charge in [0, 0.05) is 5.56 Å². The fraction of sp³-hybridized carbons (Fsp3) is 0.308. The van der Waals surface area contributed by atoms with E-state index in [-0.39, 0.29) is 4.90 Å². The van der Waals surface area contributed by atoms with E-state index >= 15 is 0 Å². The molecule has 1 heterocycles. The van der Waals surface area contributed by atoms with Crippen LogP contribution in [0.4, 0.5) is 5.82 Å². The number of H-pyrrole nitrogens is 1. The van der Waals surface area contributed by atoms with Gasteiger partial charge in [0.1, 0.15) is 5.82 Å². The van der Waals surface area contributed by atoms with E-state index in [1.54, 1.807) is 25.3 Å². The third-order valence-electron chi connectivity index (χ3n) is 2.92. The summed E-state index contributed by atoms with van der Waals surface area (Å²) in [5.74, 6) is 0.771. The summed E-state index contributed by atoms with van der Waals surface area (Å²) in [5, 5.41) is 6.41. The highest BCUT2D eigenvalue weighted by Crippen LogP contribution is 2.20. The molecule has 5 nitrogen and oxygen atoms in total. The molecule has 0 radical (unpaired) electrons. The molecule has 19 heavy (non-hydrogen) atoms. The summed E-state index contributed by atoms with van der Waals surface area (Å²) in [4.78, 5) is 0.242. The van der Waals surface area contributed by atoms with Crippen molar-refractivity contribution in [3.63, 3.8) is 0 Å². The molecule has 0 saturated carbocycles. The van der Waals surface area contributed by atoms with Crippen LogP contribution in [0.15, 0.2) is 35.4 Å².